The van der Waals surface area contributed by atoms with Crippen molar-refractivity contribution in [2.75, 3.05) is 0 Å². The third-order valence-electron chi connectivity index (χ3n) is 4.42. The standard InChI is InChI=1S/C22H42/c1-3-5-7-9-11-13-15-17-19-21-22-20-18-16-14-12-10-8-6-4-2/h3,10,12H,1,4-9,11,13-22H2,2H3. The first-order valence-corrected chi connectivity index (χ1v) is 10.2. The Morgan fingerprint density at radius 1 is 0.500 bits per heavy atom. The summed E-state index contributed by atoms with van der Waals surface area (Å²) in [4.78, 5) is 0. The molecule has 0 aromatic heterocycles. The van der Waals surface area contributed by atoms with Crippen LogP contribution in [0.25, 0.3) is 0 Å². The molecule has 0 N–H and O–H groups in total. The number of allylic oxidation sites excluding steroid dienone is 3. The van der Waals surface area contributed by atoms with Crippen LogP contribution in [-0.4, -0.2) is 0 Å². The van der Waals surface area contributed by atoms with Crippen molar-refractivity contribution in [1.29, 1.82) is 0 Å². The quantitative estimate of drug-likeness (QED) is 0.176. The fourth-order valence-electron chi connectivity index (χ4n) is 2.88. The second kappa shape index (κ2) is 20.5. The van der Waals surface area contributed by atoms with Crippen LogP contribution in [0.15, 0.2) is 24.8 Å². The van der Waals surface area contributed by atoms with Crippen molar-refractivity contribution in [3.05, 3.63) is 24.8 Å². The van der Waals surface area contributed by atoms with Crippen LogP contribution >= 0.6 is 0 Å². The third-order valence-corrected chi connectivity index (χ3v) is 4.42. The lowest BCUT2D eigenvalue weighted by Gasteiger charge is -2.02. The third kappa shape index (κ3) is 19.5. The Kier molecular flexibility index (Phi) is 20.0. The summed E-state index contributed by atoms with van der Waals surface area (Å²) < 4.78 is 0. The highest BCUT2D eigenvalue weighted by molar-refractivity contribution is 4.81. The van der Waals surface area contributed by atoms with Crippen LogP contribution in [0.3, 0.4) is 0 Å². The molecule has 0 radical (unpaired) electrons. The van der Waals surface area contributed by atoms with Gasteiger partial charge in [0.2, 0.25) is 0 Å². The summed E-state index contributed by atoms with van der Waals surface area (Å²) in [7, 11) is 0. The molecule has 0 spiro atoms. The van der Waals surface area contributed by atoms with Crippen molar-refractivity contribution in [2.45, 2.75) is 116 Å². The molecule has 0 saturated heterocycles. The van der Waals surface area contributed by atoms with Gasteiger partial charge in [0.15, 0.2) is 0 Å². The van der Waals surface area contributed by atoms with Gasteiger partial charge in [0, 0.05) is 0 Å². The van der Waals surface area contributed by atoms with Gasteiger partial charge in [-0.25, -0.2) is 0 Å². The van der Waals surface area contributed by atoms with E-state index in [4.69, 9.17) is 0 Å². The van der Waals surface area contributed by atoms with Crippen LogP contribution in [0.5, 0.6) is 0 Å². The molecule has 0 aliphatic heterocycles. The largest absolute Gasteiger partial charge is 0.103 e. The maximum absolute atomic E-state index is 3.77. The van der Waals surface area contributed by atoms with Crippen molar-refractivity contribution in [3.63, 3.8) is 0 Å². The topological polar surface area (TPSA) is 0 Å². The molecule has 0 amide bonds. The van der Waals surface area contributed by atoms with Gasteiger partial charge in [-0.15, -0.1) is 6.58 Å². The molecule has 0 bridgehead atoms. The molecule has 0 unspecified atom stereocenters. The van der Waals surface area contributed by atoms with E-state index in [0.29, 0.717) is 0 Å². The number of rotatable bonds is 18. The zero-order valence-corrected chi connectivity index (χ0v) is 15.5. The summed E-state index contributed by atoms with van der Waals surface area (Å²) in [5, 5.41) is 0. The fraction of sp³-hybridized carbons (Fsp3) is 0.818. The van der Waals surface area contributed by atoms with Gasteiger partial charge in [0.05, 0.1) is 0 Å². The van der Waals surface area contributed by atoms with Crippen LogP contribution in [0.1, 0.15) is 116 Å². The second-order valence-electron chi connectivity index (χ2n) is 6.72. The van der Waals surface area contributed by atoms with Gasteiger partial charge in [0.25, 0.3) is 0 Å². The SMILES string of the molecule is C=CCCCCCCCCCCCCCCC=CCCCC. The Labute approximate surface area is 141 Å². The highest BCUT2D eigenvalue weighted by atomic mass is 14.0. The van der Waals surface area contributed by atoms with E-state index in [1.165, 1.54) is 109 Å². The second-order valence-corrected chi connectivity index (χ2v) is 6.72. The van der Waals surface area contributed by atoms with Crippen molar-refractivity contribution in [1.82, 2.24) is 0 Å². The Bertz CT molecular complexity index is 226. The zero-order valence-electron chi connectivity index (χ0n) is 15.5. The van der Waals surface area contributed by atoms with Crippen LogP contribution in [0.4, 0.5) is 0 Å². The lowest BCUT2D eigenvalue weighted by atomic mass is 10.0. The maximum Gasteiger partial charge on any atom is -0.0351 e. The van der Waals surface area contributed by atoms with Gasteiger partial charge >= 0.3 is 0 Å². The molecule has 0 heteroatoms. The molecule has 0 aromatic carbocycles. The Morgan fingerprint density at radius 2 is 0.864 bits per heavy atom. The number of hydrogen-bond donors (Lipinski definition) is 0. The highest BCUT2D eigenvalue weighted by Crippen LogP contribution is 2.13. The summed E-state index contributed by atoms with van der Waals surface area (Å²) in [6, 6.07) is 0. The summed E-state index contributed by atoms with van der Waals surface area (Å²) in [6.07, 6.45) is 30.5. The van der Waals surface area contributed by atoms with Crippen molar-refractivity contribution in [3.8, 4) is 0 Å². The predicted octanol–water partition coefficient (Wildman–Crippen LogP) is 8.38. The molecular formula is C22H42. The van der Waals surface area contributed by atoms with Crippen LogP contribution < -0.4 is 0 Å². The molecular weight excluding hydrogens is 264 g/mol. The normalized spacial score (nSPS) is 11.3. The summed E-state index contributed by atoms with van der Waals surface area (Å²) in [6.45, 7) is 6.03. The lowest BCUT2D eigenvalue weighted by Crippen LogP contribution is -1.82. The number of unbranched alkanes of at least 4 members (excludes halogenated alkanes) is 15. The minimum Gasteiger partial charge on any atom is -0.103 e. The van der Waals surface area contributed by atoms with E-state index in [2.05, 4.69) is 25.7 Å². The first-order chi connectivity index (χ1) is 10.9. The molecule has 130 valence electrons. The molecule has 0 heterocycles. The molecule has 0 aliphatic rings. The minimum atomic E-state index is 1.20. The lowest BCUT2D eigenvalue weighted by molar-refractivity contribution is 0.542. The van der Waals surface area contributed by atoms with Gasteiger partial charge < -0.3 is 0 Å². The molecule has 0 atom stereocenters. The van der Waals surface area contributed by atoms with Gasteiger partial charge in [-0.1, -0.05) is 102 Å². The van der Waals surface area contributed by atoms with Gasteiger partial charge in [-0.3, -0.25) is 0 Å². The molecule has 0 fully saturated rings. The van der Waals surface area contributed by atoms with E-state index in [-0.39, 0.29) is 0 Å². The van der Waals surface area contributed by atoms with E-state index < -0.39 is 0 Å². The van der Waals surface area contributed by atoms with Gasteiger partial charge in [-0.05, 0) is 32.1 Å². The van der Waals surface area contributed by atoms with Crippen LogP contribution in [0.2, 0.25) is 0 Å². The maximum atomic E-state index is 3.77. The fourth-order valence-corrected chi connectivity index (χ4v) is 2.88. The Hall–Kier alpha value is -0.520. The van der Waals surface area contributed by atoms with Crippen molar-refractivity contribution in [2.24, 2.45) is 0 Å². The van der Waals surface area contributed by atoms with Gasteiger partial charge in [0.1, 0.15) is 0 Å². The molecule has 0 aromatic rings. The Morgan fingerprint density at radius 3 is 1.27 bits per heavy atom. The van der Waals surface area contributed by atoms with Crippen LogP contribution in [0, 0.1) is 0 Å². The first-order valence-electron chi connectivity index (χ1n) is 10.2. The minimum absolute atomic E-state index is 1.20. The molecule has 22 heavy (non-hydrogen) atoms. The smallest absolute Gasteiger partial charge is 0.0351 e. The van der Waals surface area contributed by atoms with E-state index in [9.17, 15) is 0 Å². The van der Waals surface area contributed by atoms with E-state index in [1.54, 1.807) is 0 Å². The zero-order chi connectivity index (χ0) is 16.1. The average Bonchev–Trinajstić information content (AvgIpc) is 2.54. The number of hydrogen-bond acceptors (Lipinski definition) is 0. The average molecular weight is 307 g/mol. The predicted molar refractivity (Wildman–Crippen MR) is 104 cm³/mol. The van der Waals surface area contributed by atoms with E-state index in [1.807, 2.05) is 6.08 Å². The van der Waals surface area contributed by atoms with Crippen LogP contribution in [-0.2, 0) is 0 Å². The first kappa shape index (κ1) is 21.5. The molecule has 0 saturated carbocycles. The van der Waals surface area contributed by atoms with E-state index in [0.717, 1.165) is 0 Å². The Balaban J connectivity index is 2.99. The molecule has 0 rings (SSSR count). The summed E-state index contributed by atoms with van der Waals surface area (Å²) in [5.41, 5.74) is 0. The van der Waals surface area contributed by atoms with Crippen molar-refractivity contribution >= 4 is 0 Å². The molecule has 0 nitrogen and oxygen atoms in total. The molecule has 0 aliphatic carbocycles. The summed E-state index contributed by atoms with van der Waals surface area (Å²) in [5.74, 6) is 0. The monoisotopic (exact) mass is 306 g/mol. The van der Waals surface area contributed by atoms with E-state index >= 15 is 0 Å². The highest BCUT2D eigenvalue weighted by Gasteiger charge is 1.93. The van der Waals surface area contributed by atoms with Crippen molar-refractivity contribution < 1.29 is 0 Å². The van der Waals surface area contributed by atoms with Gasteiger partial charge in [-0.2, -0.15) is 0 Å². The summed E-state index contributed by atoms with van der Waals surface area (Å²) >= 11 is 0.